The molecule has 1 aromatic carbocycles. The summed E-state index contributed by atoms with van der Waals surface area (Å²) in [4.78, 5) is 2.91. The highest BCUT2D eigenvalue weighted by molar-refractivity contribution is 9.10. The Balaban J connectivity index is 0.00000115. The van der Waals surface area contributed by atoms with Crippen molar-refractivity contribution in [1.29, 1.82) is 0 Å². The third-order valence-electron chi connectivity index (χ3n) is 6.58. The predicted octanol–water partition coefficient (Wildman–Crippen LogP) is 5.45. The molecular formula is C18H23Br2N. The molecule has 1 nitrogen and oxygen atoms in total. The first-order valence-corrected chi connectivity index (χ1v) is 9.19. The fraction of sp³-hybridized carbons (Fsp3) is 0.667. The molecular weight excluding hydrogens is 390 g/mol. The lowest BCUT2D eigenvalue weighted by Gasteiger charge is -2.59. The number of hydrogen-bond acceptors (Lipinski definition) is 1. The normalized spacial score (nSPS) is 40.1. The lowest BCUT2D eigenvalue weighted by Crippen LogP contribution is -2.58. The molecule has 3 aliphatic heterocycles. The van der Waals surface area contributed by atoms with Crippen molar-refractivity contribution < 1.29 is 0 Å². The van der Waals surface area contributed by atoms with Gasteiger partial charge in [-0.25, -0.2) is 0 Å². The van der Waals surface area contributed by atoms with Crippen molar-refractivity contribution in [3.8, 4) is 0 Å². The second-order valence-corrected chi connectivity index (χ2v) is 8.22. The van der Waals surface area contributed by atoms with Crippen LogP contribution in [-0.2, 0) is 0 Å². The second-order valence-electron chi connectivity index (χ2n) is 7.30. The van der Waals surface area contributed by atoms with E-state index < -0.39 is 0 Å². The van der Waals surface area contributed by atoms with E-state index in [0.29, 0.717) is 0 Å². The van der Waals surface area contributed by atoms with Gasteiger partial charge in [-0.05, 0) is 67.3 Å². The maximum absolute atomic E-state index is 3.71. The third-order valence-corrected chi connectivity index (χ3v) is 7.08. The van der Waals surface area contributed by atoms with E-state index in [9.17, 15) is 0 Å². The van der Waals surface area contributed by atoms with Gasteiger partial charge in [-0.1, -0.05) is 34.8 Å². The predicted molar refractivity (Wildman–Crippen MR) is 95.1 cm³/mol. The van der Waals surface area contributed by atoms with Gasteiger partial charge in [0.2, 0.25) is 0 Å². The Morgan fingerprint density at radius 1 is 0.952 bits per heavy atom. The highest BCUT2D eigenvalue weighted by Crippen LogP contribution is 2.62. The first kappa shape index (κ1) is 14.7. The van der Waals surface area contributed by atoms with Crippen molar-refractivity contribution in [1.82, 2.24) is 4.90 Å². The summed E-state index contributed by atoms with van der Waals surface area (Å²) in [5.41, 5.74) is 3.38. The second kappa shape index (κ2) is 5.35. The van der Waals surface area contributed by atoms with E-state index in [1.54, 1.807) is 11.1 Å². The average Bonchev–Trinajstić information content (AvgIpc) is 2.96. The molecule has 1 saturated carbocycles. The van der Waals surface area contributed by atoms with Gasteiger partial charge in [-0.2, -0.15) is 0 Å². The highest BCUT2D eigenvalue weighted by atomic mass is 79.9. The number of rotatable bonds is 0. The van der Waals surface area contributed by atoms with Gasteiger partial charge < -0.3 is 0 Å². The van der Waals surface area contributed by atoms with Gasteiger partial charge in [0.25, 0.3) is 0 Å². The molecule has 1 aromatic rings. The molecule has 5 atom stereocenters. The van der Waals surface area contributed by atoms with Crippen LogP contribution in [-0.4, -0.2) is 17.5 Å². The molecule has 0 N–H and O–H groups in total. The lowest BCUT2D eigenvalue weighted by atomic mass is 9.59. The van der Waals surface area contributed by atoms with E-state index in [1.165, 1.54) is 49.5 Å². The van der Waals surface area contributed by atoms with Crippen molar-refractivity contribution in [2.75, 3.05) is 6.54 Å². The van der Waals surface area contributed by atoms with E-state index >= 15 is 0 Å². The zero-order chi connectivity index (χ0) is 13.3. The van der Waals surface area contributed by atoms with Crippen molar-refractivity contribution in [2.45, 2.75) is 56.5 Å². The molecule has 0 spiro atoms. The van der Waals surface area contributed by atoms with Gasteiger partial charge in [0, 0.05) is 22.5 Å². The smallest absolute Gasteiger partial charge is 0.0385 e. The molecule has 3 heteroatoms. The summed E-state index contributed by atoms with van der Waals surface area (Å²) in [5.74, 6) is 2.78. The van der Waals surface area contributed by atoms with Crippen LogP contribution in [0.4, 0.5) is 0 Å². The van der Waals surface area contributed by atoms with Gasteiger partial charge in [0.1, 0.15) is 0 Å². The van der Waals surface area contributed by atoms with Crippen LogP contribution in [0, 0.1) is 11.8 Å². The van der Waals surface area contributed by atoms with Gasteiger partial charge in [-0.15, -0.1) is 17.0 Å². The minimum atomic E-state index is 0. The SMILES string of the molecule is Br.Brc1ccc2c(c1)C1C3CCCC3C2N2CCCCC12. The highest BCUT2D eigenvalue weighted by Gasteiger charge is 2.56. The molecule has 0 radical (unpaired) electrons. The first-order valence-electron chi connectivity index (χ1n) is 8.40. The van der Waals surface area contributed by atoms with Crippen molar-refractivity contribution in [3.05, 3.63) is 33.8 Å². The largest absolute Gasteiger partial charge is 0.292 e. The van der Waals surface area contributed by atoms with Gasteiger partial charge in [0.15, 0.2) is 0 Å². The monoisotopic (exact) mass is 411 g/mol. The Hall–Kier alpha value is 0.140. The summed E-state index contributed by atoms with van der Waals surface area (Å²) in [6.45, 7) is 1.35. The minimum Gasteiger partial charge on any atom is -0.292 e. The molecule has 0 aromatic heterocycles. The standard InChI is InChI=1S/C18H22BrN.BrH/c19-11-7-8-14-15(10-11)17-12-4-3-5-13(12)18(14)20-9-2-1-6-16(17)20;/h7-8,10,12-13,16-18H,1-6,9H2;1H. The van der Waals surface area contributed by atoms with Crippen molar-refractivity contribution in [3.63, 3.8) is 0 Å². The summed E-state index contributed by atoms with van der Waals surface area (Å²) in [7, 11) is 0. The molecule has 3 fully saturated rings. The molecule has 3 heterocycles. The topological polar surface area (TPSA) is 3.24 Å². The summed E-state index contributed by atoms with van der Waals surface area (Å²) < 4.78 is 1.28. The molecule has 2 aliphatic carbocycles. The van der Waals surface area contributed by atoms with E-state index in [1.807, 2.05) is 0 Å². The molecule has 5 unspecified atom stereocenters. The van der Waals surface area contributed by atoms with Crippen LogP contribution in [0.2, 0.25) is 0 Å². The van der Waals surface area contributed by atoms with E-state index in [2.05, 4.69) is 39.0 Å². The number of halogens is 2. The maximum atomic E-state index is 3.71. The molecule has 0 amide bonds. The Morgan fingerprint density at radius 2 is 1.81 bits per heavy atom. The maximum Gasteiger partial charge on any atom is 0.0385 e. The average molecular weight is 413 g/mol. The quantitative estimate of drug-likeness (QED) is 0.547. The molecule has 2 saturated heterocycles. The fourth-order valence-electron chi connectivity index (χ4n) is 6.05. The zero-order valence-corrected chi connectivity index (χ0v) is 15.6. The van der Waals surface area contributed by atoms with Crippen LogP contribution in [0.5, 0.6) is 0 Å². The van der Waals surface area contributed by atoms with Crippen LogP contribution in [0.25, 0.3) is 0 Å². The Bertz CT molecular complexity index is 558. The molecule has 2 bridgehead atoms. The number of nitrogens with zero attached hydrogens (tertiary/aromatic N) is 1. The van der Waals surface area contributed by atoms with E-state index in [4.69, 9.17) is 0 Å². The van der Waals surface area contributed by atoms with Crippen LogP contribution < -0.4 is 0 Å². The molecule has 5 aliphatic rings. The van der Waals surface area contributed by atoms with Gasteiger partial charge >= 0.3 is 0 Å². The Labute approximate surface area is 146 Å². The molecule has 6 rings (SSSR count). The molecule has 114 valence electrons. The number of piperidine rings is 2. The third kappa shape index (κ3) is 1.96. The lowest BCUT2D eigenvalue weighted by molar-refractivity contribution is -0.0441. The zero-order valence-electron chi connectivity index (χ0n) is 12.3. The summed E-state index contributed by atoms with van der Waals surface area (Å²) in [6, 6.07) is 8.75. The van der Waals surface area contributed by atoms with Crippen molar-refractivity contribution >= 4 is 32.9 Å². The Morgan fingerprint density at radius 3 is 2.71 bits per heavy atom. The first-order chi connectivity index (χ1) is 9.84. The van der Waals surface area contributed by atoms with Gasteiger partial charge in [-0.3, -0.25) is 4.90 Å². The van der Waals surface area contributed by atoms with E-state index in [-0.39, 0.29) is 17.0 Å². The van der Waals surface area contributed by atoms with E-state index in [0.717, 1.165) is 29.8 Å². The number of hydrogen-bond donors (Lipinski definition) is 0. The fourth-order valence-corrected chi connectivity index (χ4v) is 6.43. The Kier molecular flexibility index (Phi) is 3.75. The van der Waals surface area contributed by atoms with Crippen LogP contribution in [0.1, 0.15) is 61.6 Å². The van der Waals surface area contributed by atoms with Crippen molar-refractivity contribution in [2.24, 2.45) is 11.8 Å². The number of benzene rings is 1. The minimum absolute atomic E-state index is 0. The van der Waals surface area contributed by atoms with Crippen LogP contribution in [0.15, 0.2) is 22.7 Å². The summed E-state index contributed by atoms with van der Waals surface area (Å²) in [6.07, 6.45) is 8.75. The van der Waals surface area contributed by atoms with Crippen LogP contribution in [0.3, 0.4) is 0 Å². The van der Waals surface area contributed by atoms with Gasteiger partial charge in [0.05, 0.1) is 0 Å². The van der Waals surface area contributed by atoms with Crippen LogP contribution >= 0.6 is 32.9 Å². The molecule has 21 heavy (non-hydrogen) atoms. The summed E-state index contributed by atoms with van der Waals surface area (Å²) in [5, 5.41) is 0. The summed E-state index contributed by atoms with van der Waals surface area (Å²) >= 11 is 3.71.